The Balaban J connectivity index is 2.66. The molecule has 0 saturated carbocycles. The first-order valence-corrected chi connectivity index (χ1v) is 5.45. The zero-order valence-electron chi connectivity index (χ0n) is 8.33. The summed E-state index contributed by atoms with van der Waals surface area (Å²) in [6.07, 6.45) is 0. The number of aryl methyl sites for hydroxylation is 1. The highest BCUT2D eigenvalue weighted by atomic mass is 32.1. The summed E-state index contributed by atoms with van der Waals surface area (Å²) in [6.45, 7) is 4.77. The molecule has 2 rings (SSSR count). The third-order valence-electron chi connectivity index (χ3n) is 2.12. The Morgan fingerprint density at radius 3 is 2.93 bits per heavy atom. The van der Waals surface area contributed by atoms with E-state index in [-0.39, 0.29) is 0 Å². The number of rotatable bonds is 2. The van der Waals surface area contributed by atoms with Crippen LogP contribution in [-0.4, -0.2) is 6.61 Å². The Hall–Kier alpha value is -1.22. The van der Waals surface area contributed by atoms with Crippen LogP contribution in [0.2, 0.25) is 0 Å². The van der Waals surface area contributed by atoms with Gasteiger partial charge in [0.25, 0.3) is 0 Å². The predicted octanol–water partition coefficient (Wildman–Crippen LogP) is 3.19. The number of ether oxygens (including phenoxy) is 1. The maximum atomic E-state index is 5.75. The second kappa shape index (κ2) is 3.50. The average Bonchev–Trinajstić information content (AvgIpc) is 2.45. The van der Waals surface area contributed by atoms with Gasteiger partial charge in [0.05, 0.1) is 6.61 Å². The molecule has 0 amide bonds. The summed E-state index contributed by atoms with van der Waals surface area (Å²) in [4.78, 5) is 1.22. The topological polar surface area (TPSA) is 35.2 Å². The summed E-state index contributed by atoms with van der Waals surface area (Å²) in [5.74, 6) is 0.986. The van der Waals surface area contributed by atoms with Gasteiger partial charge in [-0.25, -0.2) is 0 Å². The van der Waals surface area contributed by atoms with E-state index in [0.717, 1.165) is 16.8 Å². The van der Waals surface area contributed by atoms with E-state index in [1.165, 1.54) is 9.58 Å². The van der Waals surface area contributed by atoms with Gasteiger partial charge in [0.2, 0.25) is 0 Å². The standard InChI is InChI=1S/C11H13NOS/c1-3-13-11-7(2)14-10-5-4-8(12)6-9(10)11/h4-6H,3,12H2,1-2H3. The Kier molecular flexibility index (Phi) is 2.33. The first kappa shape index (κ1) is 9.34. The number of hydrogen-bond donors (Lipinski definition) is 1. The smallest absolute Gasteiger partial charge is 0.140 e. The maximum absolute atomic E-state index is 5.75. The predicted molar refractivity (Wildman–Crippen MR) is 62.1 cm³/mol. The minimum Gasteiger partial charge on any atom is -0.492 e. The summed E-state index contributed by atoms with van der Waals surface area (Å²) >= 11 is 1.75. The van der Waals surface area contributed by atoms with Crippen molar-refractivity contribution in [2.75, 3.05) is 12.3 Å². The van der Waals surface area contributed by atoms with Crippen LogP contribution in [-0.2, 0) is 0 Å². The highest BCUT2D eigenvalue weighted by Gasteiger charge is 2.09. The van der Waals surface area contributed by atoms with E-state index in [1.54, 1.807) is 11.3 Å². The highest BCUT2D eigenvalue weighted by molar-refractivity contribution is 7.19. The molecule has 74 valence electrons. The molecule has 2 N–H and O–H groups in total. The summed E-state index contributed by atoms with van der Waals surface area (Å²) in [6, 6.07) is 5.95. The van der Waals surface area contributed by atoms with Gasteiger partial charge in [-0.15, -0.1) is 11.3 Å². The van der Waals surface area contributed by atoms with E-state index in [2.05, 4.69) is 6.92 Å². The zero-order valence-corrected chi connectivity index (χ0v) is 9.15. The molecule has 1 aromatic heterocycles. The molecular weight excluding hydrogens is 194 g/mol. The summed E-state index contributed by atoms with van der Waals surface area (Å²) in [5.41, 5.74) is 6.54. The molecule has 2 aromatic rings. The molecule has 0 fully saturated rings. The number of hydrogen-bond acceptors (Lipinski definition) is 3. The first-order valence-electron chi connectivity index (χ1n) is 4.63. The van der Waals surface area contributed by atoms with Crippen LogP contribution in [0.1, 0.15) is 11.8 Å². The summed E-state index contributed by atoms with van der Waals surface area (Å²) in [5, 5.41) is 1.13. The number of nitrogens with two attached hydrogens (primary N) is 1. The first-order chi connectivity index (χ1) is 6.72. The second-order valence-electron chi connectivity index (χ2n) is 3.18. The zero-order chi connectivity index (χ0) is 10.1. The van der Waals surface area contributed by atoms with Crippen LogP contribution in [0.5, 0.6) is 5.75 Å². The van der Waals surface area contributed by atoms with Crippen LogP contribution in [0.25, 0.3) is 10.1 Å². The monoisotopic (exact) mass is 207 g/mol. The van der Waals surface area contributed by atoms with Gasteiger partial charge in [-0.1, -0.05) is 0 Å². The van der Waals surface area contributed by atoms with Gasteiger partial charge in [-0.05, 0) is 32.0 Å². The maximum Gasteiger partial charge on any atom is 0.140 e. The molecule has 2 nitrogen and oxygen atoms in total. The van der Waals surface area contributed by atoms with E-state index in [1.807, 2.05) is 25.1 Å². The van der Waals surface area contributed by atoms with Crippen LogP contribution >= 0.6 is 11.3 Å². The largest absolute Gasteiger partial charge is 0.492 e. The van der Waals surface area contributed by atoms with Crippen molar-refractivity contribution in [3.05, 3.63) is 23.1 Å². The number of nitrogen functional groups attached to an aromatic ring is 1. The van der Waals surface area contributed by atoms with Crippen LogP contribution in [0.4, 0.5) is 5.69 Å². The number of anilines is 1. The van der Waals surface area contributed by atoms with E-state index in [9.17, 15) is 0 Å². The van der Waals surface area contributed by atoms with Gasteiger partial charge in [-0.3, -0.25) is 0 Å². The lowest BCUT2D eigenvalue weighted by Gasteiger charge is -2.02. The molecule has 0 spiro atoms. The SMILES string of the molecule is CCOc1c(C)sc2ccc(N)cc12. The molecule has 0 aliphatic rings. The quantitative estimate of drug-likeness (QED) is 0.767. The Labute approximate surface area is 87.3 Å². The average molecular weight is 207 g/mol. The van der Waals surface area contributed by atoms with Gasteiger partial charge >= 0.3 is 0 Å². The van der Waals surface area contributed by atoms with E-state index in [0.29, 0.717) is 6.61 Å². The summed E-state index contributed by atoms with van der Waals surface area (Å²) in [7, 11) is 0. The fourth-order valence-corrected chi connectivity index (χ4v) is 2.53. The van der Waals surface area contributed by atoms with Gasteiger partial charge < -0.3 is 10.5 Å². The van der Waals surface area contributed by atoms with Gasteiger partial charge in [0.1, 0.15) is 5.75 Å². The summed E-state index contributed by atoms with van der Waals surface area (Å²) < 4.78 is 6.84. The van der Waals surface area contributed by atoms with E-state index >= 15 is 0 Å². The minimum atomic E-state index is 0.696. The Bertz CT molecular complexity index is 462. The fraction of sp³-hybridized carbons (Fsp3) is 0.273. The van der Waals surface area contributed by atoms with Gasteiger partial charge in [0.15, 0.2) is 0 Å². The van der Waals surface area contributed by atoms with Crippen molar-refractivity contribution in [3.8, 4) is 5.75 Å². The molecule has 3 heteroatoms. The molecule has 0 atom stereocenters. The van der Waals surface area contributed by atoms with Crippen molar-refractivity contribution in [2.24, 2.45) is 0 Å². The van der Waals surface area contributed by atoms with Gasteiger partial charge in [0, 0.05) is 20.7 Å². The van der Waals surface area contributed by atoms with Crippen molar-refractivity contribution < 1.29 is 4.74 Å². The fourth-order valence-electron chi connectivity index (χ4n) is 1.54. The van der Waals surface area contributed by atoms with Crippen LogP contribution in [0, 0.1) is 6.92 Å². The number of benzene rings is 1. The van der Waals surface area contributed by atoms with Crippen LogP contribution < -0.4 is 10.5 Å². The molecule has 0 unspecified atom stereocenters. The molecule has 0 aliphatic heterocycles. The Morgan fingerprint density at radius 2 is 2.21 bits per heavy atom. The molecule has 0 radical (unpaired) electrons. The third-order valence-corrected chi connectivity index (χ3v) is 3.19. The molecular formula is C11H13NOS. The minimum absolute atomic E-state index is 0.696. The molecule has 14 heavy (non-hydrogen) atoms. The molecule has 0 aliphatic carbocycles. The number of fused-ring (bicyclic) bond motifs is 1. The molecule has 0 saturated heterocycles. The van der Waals surface area contributed by atoms with Crippen molar-refractivity contribution in [1.29, 1.82) is 0 Å². The molecule has 0 bridgehead atoms. The van der Waals surface area contributed by atoms with Gasteiger partial charge in [-0.2, -0.15) is 0 Å². The van der Waals surface area contributed by atoms with Crippen LogP contribution in [0.3, 0.4) is 0 Å². The number of thiophene rings is 1. The highest BCUT2D eigenvalue weighted by Crippen LogP contribution is 2.37. The van der Waals surface area contributed by atoms with Crippen molar-refractivity contribution in [2.45, 2.75) is 13.8 Å². The van der Waals surface area contributed by atoms with Crippen molar-refractivity contribution in [1.82, 2.24) is 0 Å². The molecule has 1 heterocycles. The van der Waals surface area contributed by atoms with Crippen molar-refractivity contribution >= 4 is 27.1 Å². The van der Waals surface area contributed by atoms with E-state index < -0.39 is 0 Å². The normalized spacial score (nSPS) is 10.7. The van der Waals surface area contributed by atoms with E-state index in [4.69, 9.17) is 10.5 Å². The lowest BCUT2D eigenvalue weighted by atomic mass is 10.2. The van der Waals surface area contributed by atoms with Crippen LogP contribution in [0.15, 0.2) is 18.2 Å². The Morgan fingerprint density at radius 1 is 1.43 bits per heavy atom. The third kappa shape index (κ3) is 1.44. The molecule has 1 aromatic carbocycles. The second-order valence-corrected chi connectivity index (χ2v) is 4.43. The lowest BCUT2D eigenvalue weighted by Crippen LogP contribution is -1.91. The lowest BCUT2D eigenvalue weighted by molar-refractivity contribution is 0.343. The van der Waals surface area contributed by atoms with Crippen molar-refractivity contribution in [3.63, 3.8) is 0 Å².